The summed E-state index contributed by atoms with van der Waals surface area (Å²) < 4.78 is 4.05. The molecule has 0 aliphatic rings. The molecule has 30 heavy (non-hydrogen) atoms. The zero-order valence-corrected chi connectivity index (χ0v) is 19.3. The Morgan fingerprint density at radius 3 is 2.37 bits per heavy atom. The molecular weight excluding hydrogens is 551 g/mol. The normalized spacial score (nSPS) is 10.9. The van der Waals surface area contributed by atoms with Gasteiger partial charge in [0.1, 0.15) is 6.33 Å². The second-order valence-corrected chi connectivity index (χ2v) is 7.32. The Morgan fingerprint density at radius 1 is 0.900 bits per heavy atom. The molecule has 2 aromatic heterocycles. The van der Waals surface area contributed by atoms with Crippen LogP contribution < -0.4 is 0 Å². The van der Waals surface area contributed by atoms with Crippen molar-refractivity contribution >= 4 is 11.0 Å². The van der Waals surface area contributed by atoms with Crippen LogP contribution in [-0.4, -0.2) is 24.3 Å². The number of aryl methyl sites for hydroxylation is 3. The zero-order valence-electron chi connectivity index (χ0n) is 16.9. The molecule has 0 bridgehead atoms. The van der Waals surface area contributed by atoms with Gasteiger partial charge in [-0.2, -0.15) is 5.10 Å². The van der Waals surface area contributed by atoms with Crippen LogP contribution in [0.1, 0.15) is 11.1 Å². The van der Waals surface area contributed by atoms with Crippen LogP contribution in [0.5, 0.6) is 0 Å². The van der Waals surface area contributed by atoms with Crippen molar-refractivity contribution in [1.82, 2.24) is 24.3 Å². The van der Waals surface area contributed by atoms with Crippen molar-refractivity contribution in [3.8, 4) is 28.2 Å². The minimum atomic E-state index is 0. The first-order chi connectivity index (χ1) is 14.1. The van der Waals surface area contributed by atoms with Gasteiger partial charge in [-0.1, -0.05) is 30.3 Å². The van der Waals surface area contributed by atoms with E-state index in [1.165, 1.54) is 22.3 Å². The molecule has 0 aliphatic heterocycles. The maximum Gasteiger partial charge on any atom is 0.114 e. The van der Waals surface area contributed by atoms with Gasteiger partial charge >= 0.3 is 0 Å². The van der Waals surface area contributed by atoms with Gasteiger partial charge in [-0.25, -0.2) is 0 Å². The number of hydrogen-bond donors (Lipinski definition) is 0. The van der Waals surface area contributed by atoms with Gasteiger partial charge in [-0.05, 0) is 53.8 Å². The molecule has 0 aliphatic carbocycles. The minimum absolute atomic E-state index is 0. The van der Waals surface area contributed by atoms with E-state index < -0.39 is 0 Å². The molecule has 0 unspecified atom stereocenters. The summed E-state index contributed by atoms with van der Waals surface area (Å²) in [6, 6.07) is 22.2. The van der Waals surface area contributed by atoms with Crippen molar-refractivity contribution in [2.45, 2.75) is 13.8 Å². The molecule has 0 saturated heterocycles. The van der Waals surface area contributed by atoms with Crippen molar-refractivity contribution in [1.29, 1.82) is 0 Å². The van der Waals surface area contributed by atoms with Crippen LogP contribution in [0.25, 0.3) is 39.2 Å². The van der Waals surface area contributed by atoms with E-state index in [2.05, 4.69) is 77.6 Å². The Kier molecular flexibility index (Phi) is 5.37. The van der Waals surface area contributed by atoms with Crippen LogP contribution in [-0.2, 0) is 27.2 Å². The van der Waals surface area contributed by atoms with Crippen molar-refractivity contribution in [2.75, 3.05) is 0 Å². The van der Waals surface area contributed by atoms with E-state index in [0.29, 0.717) is 0 Å². The molecule has 0 spiro atoms. The molecule has 0 atom stereocenters. The fraction of sp³-hybridized carbons (Fsp3) is 0.125. The van der Waals surface area contributed by atoms with Gasteiger partial charge in [0.2, 0.25) is 0 Å². The van der Waals surface area contributed by atoms with Crippen LogP contribution in [0, 0.1) is 19.9 Å². The quantitative estimate of drug-likeness (QED) is 0.290. The van der Waals surface area contributed by atoms with Crippen LogP contribution in [0.4, 0.5) is 0 Å². The van der Waals surface area contributed by atoms with Crippen LogP contribution in [0.15, 0.2) is 67.3 Å². The first-order valence-electron chi connectivity index (χ1n) is 9.52. The zero-order chi connectivity index (χ0) is 20.0. The molecule has 151 valence electrons. The molecule has 0 N–H and O–H groups in total. The summed E-state index contributed by atoms with van der Waals surface area (Å²) in [4.78, 5) is 4.38. The molecule has 5 aromatic rings. The molecule has 3 aromatic carbocycles. The smallest absolute Gasteiger partial charge is 0.114 e. The van der Waals surface area contributed by atoms with Crippen molar-refractivity contribution in [3.05, 3.63) is 84.4 Å². The second kappa shape index (κ2) is 7.98. The first kappa shape index (κ1) is 20.2. The summed E-state index contributed by atoms with van der Waals surface area (Å²) in [5.41, 5.74) is 8.72. The van der Waals surface area contributed by atoms with Crippen molar-refractivity contribution in [2.24, 2.45) is 7.05 Å². The third-order valence-electron chi connectivity index (χ3n) is 5.29. The third-order valence-corrected chi connectivity index (χ3v) is 5.29. The van der Waals surface area contributed by atoms with E-state index in [-0.39, 0.29) is 20.1 Å². The number of imidazole rings is 1. The third kappa shape index (κ3) is 3.38. The van der Waals surface area contributed by atoms with Gasteiger partial charge in [-0.15, -0.1) is 28.9 Å². The van der Waals surface area contributed by atoms with E-state index in [9.17, 15) is 0 Å². The van der Waals surface area contributed by atoms with Gasteiger partial charge in [0, 0.05) is 38.4 Å². The Morgan fingerprint density at radius 2 is 1.63 bits per heavy atom. The number of benzene rings is 3. The Labute approximate surface area is 188 Å². The Hall–Kier alpha value is -3.08. The van der Waals surface area contributed by atoms with E-state index in [0.717, 1.165) is 28.1 Å². The van der Waals surface area contributed by atoms with Gasteiger partial charge in [0.05, 0.1) is 12.2 Å². The number of rotatable bonds is 3. The summed E-state index contributed by atoms with van der Waals surface area (Å²) in [7, 11) is 1.99. The summed E-state index contributed by atoms with van der Waals surface area (Å²) in [5, 5.41) is 8.60. The monoisotopic (exact) mass is 571 g/mol. The fourth-order valence-electron chi connectivity index (χ4n) is 3.91. The predicted octanol–water partition coefficient (Wildman–Crippen LogP) is 4.90. The molecule has 2 heterocycles. The number of nitrogens with zero attached hydrogens (tertiary/aromatic N) is 5. The molecule has 0 fully saturated rings. The van der Waals surface area contributed by atoms with E-state index in [4.69, 9.17) is 0 Å². The minimum Gasteiger partial charge on any atom is -0.352 e. The molecule has 0 saturated carbocycles. The first-order valence-corrected chi connectivity index (χ1v) is 9.52. The molecule has 1 radical (unpaired) electrons. The second-order valence-electron chi connectivity index (χ2n) is 7.32. The average molecular weight is 571 g/mol. The SMILES string of the molecule is Cc1cc(-c2ccccc2)cc(C)c1-n1cnnc1-c1[c-]cc2ncn(C)c2c1.[Ir]. The molecule has 5 rings (SSSR count). The van der Waals surface area contributed by atoms with E-state index in [1.807, 2.05) is 34.6 Å². The Bertz CT molecular complexity index is 1310. The number of hydrogen-bond acceptors (Lipinski definition) is 3. The van der Waals surface area contributed by atoms with Crippen molar-refractivity contribution in [3.63, 3.8) is 0 Å². The van der Waals surface area contributed by atoms with Crippen molar-refractivity contribution < 1.29 is 20.1 Å². The van der Waals surface area contributed by atoms with Gasteiger partial charge in [-0.3, -0.25) is 4.98 Å². The molecule has 0 amide bonds. The maximum atomic E-state index is 4.40. The van der Waals surface area contributed by atoms with E-state index >= 15 is 0 Å². The van der Waals surface area contributed by atoms with Crippen LogP contribution >= 0.6 is 0 Å². The predicted molar refractivity (Wildman–Crippen MR) is 115 cm³/mol. The van der Waals surface area contributed by atoms with Crippen LogP contribution in [0.2, 0.25) is 0 Å². The van der Waals surface area contributed by atoms with Crippen LogP contribution in [0.3, 0.4) is 0 Å². The topological polar surface area (TPSA) is 48.5 Å². The summed E-state index contributed by atoms with van der Waals surface area (Å²) in [5.74, 6) is 0.770. The van der Waals surface area contributed by atoms with Gasteiger partial charge in [0.15, 0.2) is 0 Å². The molecular formula is C24H20IrN5-. The summed E-state index contributed by atoms with van der Waals surface area (Å²) in [6.07, 6.45) is 3.58. The van der Waals surface area contributed by atoms with Gasteiger partial charge < -0.3 is 9.13 Å². The standard InChI is InChI=1S/C24H20N5.Ir/c1-16-11-20(18-7-5-4-6-8-18)12-17(2)23(16)29-15-26-27-24(29)19-9-10-21-22(13-19)28(3)14-25-21;/h4-8,10-15H,1-3H3;/q-1;. The van der Waals surface area contributed by atoms with Gasteiger partial charge in [0.25, 0.3) is 0 Å². The Balaban J connectivity index is 0.00000218. The summed E-state index contributed by atoms with van der Waals surface area (Å²) >= 11 is 0. The largest absolute Gasteiger partial charge is 0.352 e. The molecule has 5 nitrogen and oxygen atoms in total. The maximum absolute atomic E-state index is 4.40. The summed E-state index contributed by atoms with van der Waals surface area (Å²) in [6.45, 7) is 4.26. The molecule has 6 heteroatoms. The van der Waals surface area contributed by atoms with E-state index in [1.54, 1.807) is 6.33 Å². The number of fused-ring (bicyclic) bond motifs is 1. The number of aromatic nitrogens is 5. The fourth-order valence-corrected chi connectivity index (χ4v) is 3.91. The average Bonchev–Trinajstić information content (AvgIpc) is 3.35.